The summed E-state index contributed by atoms with van der Waals surface area (Å²) in [5.41, 5.74) is 6.09. The van der Waals surface area contributed by atoms with Crippen LogP contribution in [0, 0.1) is 0 Å². The molecule has 1 atom stereocenters. The minimum absolute atomic E-state index is 0.0693. The predicted molar refractivity (Wildman–Crippen MR) is 55.6 cm³/mol. The summed E-state index contributed by atoms with van der Waals surface area (Å²) < 4.78 is 40.6. The highest BCUT2D eigenvalue weighted by atomic mass is 35.5. The lowest BCUT2D eigenvalue weighted by Gasteiger charge is -2.15. The zero-order valence-electron chi connectivity index (χ0n) is 8.51. The van der Waals surface area contributed by atoms with Crippen molar-refractivity contribution in [1.82, 2.24) is 0 Å². The molecule has 1 unspecified atom stereocenters. The SMILES string of the molecule is CC(N)c1ccc(Cl)cc1OCC(F)(F)F. The zero-order valence-corrected chi connectivity index (χ0v) is 9.27. The van der Waals surface area contributed by atoms with Gasteiger partial charge in [0.1, 0.15) is 5.75 Å². The van der Waals surface area contributed by atoms with E-state index < -0.39 is 18.8 Å². The van der Waals surface area contributed by atoms with Crippen LogP contribution in [0.2, 0.25) is 5.02 Å². The van der Waals surface area contributed by atoms with Crippen molar-refractivity contribution < 1.29 is 17.9 Å². The molecule has 0 aliphatic rings. The van der Waals surface area contributed by atoms with Crippen LogP contribution in [0.4, 0.5) is 13.2 Å². The van der Waals surface area contributed by atoms with Gasteiger partial charge in [-0.3, -0.25) is 0 Å². The summed E-state index contributed by atoms with van der Waals surface area (Å²) in [6.07, 6.45) is -4.38. The van der Waals surface area contributed by atoms with Gasteiger partial charge in [0, 0.05) is 16.6 Å². The Hall–Kier alpha value is -0.940. The van der Waals surface area contributed by atoms with Gasteiger partial charge in [-0.15, -0.1) is 0 Å². The second-order valence-electron chi connectivity index (χ2n) is 3.37. The van der Waals surface area contributed by atoms with Crippen molar-refractivity contribution >= 4 is 11.6 Å². The molecule has 90 valence electrons. The van der Waals surface area contributed by atoms with Crippen molar-refractivity contribution in [3.8, 4) is 5.75 Å². The van der Waals surface area contributed by atoms with Gasteiger partial charge in [0.25, 0.3) is 0 Å². The Morgan fingerprint density at radius 3 is 2.56 bits per heavy atom. The molecular weight excluding hydrogens is 243 g/mol. The standard InChI is InChI=1S/C10H11ClF3NO/c1-6(15)8-3-2-7(11)4-9(8)16-5-10(12,13)14/h2-4,6H,5,15H2,1H3. The largest absolute Gasteiger partial charge is 0.484 e. The number of nitrogens with two attached hydrogens (primary N) is 1. The fourth-order valence-corrected chi connectivity index (χ4v) is 1.33. The van der Waals surface area contributed by atoms with Crippen LogP contribution >= 0.6 is 11.6 Å². The normalized spacial score (nSPS) is 13.6. The second kappa shape index (κ2) is 4.93. The number of alkyl halides is 3. The van der Waals surface area contributed by atoms with E-state index in [-0.39, 0.29) is 5.75 Å². The Labute approximate surface area is 96.1 Å². The van der Waals surface area contributed by atoms with Gasteiger partial charge in [-0.05, 0) is 19.1 Å². The predicted octanol–water partition coefficient (Wildman–Crippen LogP) is 3.30. The van der Waals surface area contributed by atoms with Crippen LogP contribution in [-0.4, -0.2) is 12.8 Å². The first-order chi connectivity index (χ1) is 7.29. The van der Waals surface area contributed by atoms with Crippen LogP contribution < -0.4 is 10.5 Å². The van der Waals surface area contributed by atoms with Crippen LogP contribution in [0.25, 0.3) is 0 Å². The maximum Gasteiger partial charge on any atom is 0.422 e. The molecule has 0 heterocycles. The number of halogens is 4. The van der Waals surface area contributed by atoms with E-state index in [1.54, 1.807) is 19.1 Å². The molecule has 0 saturated carbocycles. The molecule has 0 spiro atoms. The van der Waals surface area contributed by atoms with Crippen molar-refractivity contribution in [2.24, 2.45) is 5.73 Å². The average Bonchev–Trinajstić information content (AvgIpc) is 2.13. The van der Waals surface area contributed by atoms with E-state index in [0.29, 0.717) is 10.6 Å². The first-order valence-electron chi connectivity index (χ1n) is 4.54. The summed E-state index contributed by atoms with van der Waals surface area (Å²) in [5.74, 6) is 0.0693. The third kappa shape index (κ3) is 3.90. The second-order valence-corrected chi connectivity index (χ2v) is 3.81. The summed E-state index contributed by atoms with van der Waals surface area (Å²) in [5, 5.41) is 0.307. The minimum atomic E-state index is -4.38. The van der Waals surface area contributed by atoms with E-state index in [4.69, 9.17) is 17.3 Å². The van der Waals surface area contributed by atoms with Gasteiger partial charge in [-0.2, -0.15) is 13.2 Å². The van der Waals surface area contributed by atoms with Crippen LogP contribution in [0.15, 0.2) is 18.2 Å². The molecule has 1 rings (SSSR count). The fraction of sp³-hybridized carbons (Fsp3) is 0.400. The maximum atomic E-state index is 12.0. The molecule has 0 aliphatic heterocycles. The molecule has 2 N–H and O–H groups in total. The number of ether oxygens (including phenoxy) is 1. The molecular formula is C10H11ClF3NO. The van der Waals surface area contributed by atoms with Crippen LogP contribution in [0.1, 0.15) is 18.5 Å². The fourth-order valence-electron chi connectivity index (χ4n) is 1.17. The Balaban J connectivity index is 2.88. The molecule has 1 aromatic carbocycles. The first kappa shape index (κ1) is 13.1. The lowest BCUT2D eigenvalue weighted by molar-refractivity contribution is -0.153. The number of rotatable bonds is 3. The molecule has 2 nitrogen and oxygen atoms in total. The molecule has 0 radical (unpaired) electrons. The van der Waals surface area contributed by atoms with Crippen molar-refractivity contribution in [3.05, 3.63) is 28.8 Å². The van der Waals surface area contributed by atoms with Crippen molar-refractivity contribution in [3.63, 3.8) is 0 Å². The van der Waals surface area contributed by atoms with Crippen LogP contribution in [0.3, 0.4) is 0 Å². The summed E-state index contributed by atoms with van der Waals surface area (Å²) in [6.45, 7) is 0.302. The summed E-state index contributed by atoms with van der Waals surface area (Å²) >= 11 is 5.67. The smallest absolute Gasteiger partial charge is 0.422 e. The monoisotopic (exact) mass is 253 g/mol. The zero-order chi connectivity index (χ0) is 12.3. The van der Waals surface area contributed by atoms with E-state index in [1.807, 2.05) is 0 Å². The van der Waals surface area contributed by atoms with Crippen molar-refractivity contribution in [2.45, 2.75) is 19.1 Å². The van der Waals surface area contributed by atoms with Crippen molar-refractivity contribution in [1.29, 1.82) is 0 Å². The summed E-state index contributed by atoms with van der Waals surface area (Å²) in [4.78, 5) is 0. The quantitative estimate of drug-likeness (QED) is 0.897. The topological polar surface area (TPSA) is 35.2 Å². The molecule has 16 heavy (non-hydrogen) atoms. The molecule has 0 aliphatic carbocycles. The third-order valence-corrected chi connectivity index (χ3v) is 2.09. The summed E-state index contributed by atoms with van der Waals surface area (Å²) in [7, 11) is 0. The van der Waals surface area contributed by atoms with Gasteiger partial charge in [-0.25, -0.2) is 0 Å². The molecule has 6 heteroatoms. The van der Waals surface area contributed by atoms with Crippen LogP contribution in [-0.2, 0) is 0 Å². The van der Waals surface area contributed by atoms with Gasteiger partial charge in [0.2, 0.25) is 0 Å². The third-order valence-electron chi connectivity index (χ3n) is 1.86. The molecule has 1 aromatic rings. The Morgan fingerprint density at radius 1 is 1.44 bits per heavy atom. The highest BCUT2D eigenvalue weighted by molar-refractivity contribution is 6.30. The molecule has 0 aromatic heterocycles. The number of hydrogen-bond acceptors (Lipinski definition) is 2. The number of hydrogen-bond donors (Lipinski definition) is 1. The van der Waals surface area contributed by atoms with E-state index in [1.165, 1.54) is 6.07 Å². The lowest BCUT2D eigenvalue weighted by atomic mass is 10.1. The summed E-state index contributed by atoms with van der Waals surface area (Å²) in [6, 6.07) is 4.02. The highest BCUT2D eigenvalue weighted by Gasteiger charge is 2.29. The Bertz CT molecular complexity index is 366. The van der Waals surface area contributed by atoms with Gasteiger partial charge >= 0.3 is 6.18 Å². The van der Waals surface area contributed by atoms with E-state index in [2.05, 4.69) is 4.74 Å². The maximum absolute atomic E-state index is 12.0. The minimum Gasteiger partial charge on any atom is -0.484 e. The van der Waals surface area contributed by atoms with Crippen LogP contribution in [0.5, 0.6) is 5.75 Å². The Morgan fingerprint density at radius 2 is 2.06 bits per heavy atom. The Kier molecular flexibility index (Phi) is 4.04. The van der Waals surface area contributed by atoms with Gasteiger partial charge in [0.05, 0.1) is 0 Å². The van der Waals surface area contributed by atoms with Gasteiger partial charge < -0.3 is 10.5 Å². The highest BCUT2D eigenvalue weighted by Crippen LogP contribution is 2.28. The van der Waals surface area contributed by atoms with Gasteiger partial charge in [-0.1, -0.05) is 17.7 Å². The molecule has 0 amide bonds. The van der Waals surface area contributed by atoms with E-state index >= 15 is 0 Å². The van der Waals surface area contributed by atoms with E-state index in [9.17, 15) is 13.2 Å². The molecule has 0 bridgehead atoms. The number of benzene rings is 1. The average molecular weight is 254 g/mol. The van der Waals surface area contributed by atoms with Crippen molar-refractivity contribution in [2.75, 3.05) is 6.61 Å². The molecule has 0 fully saturated rings. The van der Waals surface area contributed by atoms with Gasteiger partial charge in [0.15, 0.2) is 6.61 Å². The molecule has 0 saturated heterocycles. The first-order valence-corrected chi connectivity index (χ1v) is 4.92. The van der Waals surface area contributed by atoms with E-state index in [0.717, 1.165) is 0 Å². The lowest BCUT2D eigenvalue weighted by Crippen LogP contribution is -2.20.